The number of carboxylic acid groups (broad SMARTS) is 1. The normalized spacial score (nSPS) is 15.7. The van der Waals surface area contributed by atoms with E-state index in [2.05, 4.69) is 12.2 Å². The summed E-state index contributed by atoms with van der Waals surface area (Å²) in [6.07, 6.45) is 2.26. The summed E-state index contributed by atoms with van der Waals surface area (Å²) in [7, 11) is 0. The largest absolute Gasteiger partial charge is 0.478 e. The van der Waals surface area contributed by atoms with Gasteiger partial charge >= 0.3 is 5.97 Å². The van der Waals surface area contributed by atoms with Gasteiger partial charge in [-0.2, -0.15) is 0 Å². The van der Waals surface area contributed by atoms with E-state index in [1.807, 2.05) is 12.1 Å². The van der Waals surface area contributed by atoms with Gasteiger partial charge in [-0.15, -0.1) is 0 Å². The van der Waals surface area contributed by atoms with Crippen molar-refractivity contribution in [3.05, 3.63) is 47.5 Å². The van der Waals surface area contributed by atoms with Gasteiger partial charge in [-0.3, -0.25) is 4.79 Å². The zero-order valence-electron chi connectivity index (χ0n) is 11.8. The number of carbonyl (C=O) groups excluding carboxylic acids is 1. The molecule has 1 saturated carbocycles. The van der Waals surface area contributed by atoms with Crippen LogP contribution in [0, 0.1) is 5.41 Å². The molecule has 0 saturated heterocycles. The maximum atomic E-state index is 12.4. The molecule has 1 aliphatic rings. The number of nitrogens with one attached hydrogen (secondary N) is 1. The molecule has 4 nitrogen and oxygen atoms in total. The summed E-state index contributed by atoms with van der Waals surface area (Å²) < 4.78 is 0. The van der Waals surface area contributed by atoms with Gasteiger partial charge in [-0.1, -0.05) is 31.2 Å². The molecule has 0 aliphatic heterocycles. The Balaban J connectivity index is 2.01. The van der Waals surface area contributed by atoms with Crippen molar-refractivity contribution in [2.24, 2.45) is 5.41 Å². The van der Waals surface area contributed by atoms with Crippen LogP contribution in [0.15, 0.2) is 36.4 Å². The van der Waals surface area contributed by atoms with E-state index < -0.39 is 5.97 Å². The molecule has 108 valence electrons. The lowest BCUT2D eigenvalue weighted by molar-refractivity contribution is 0.0699. The molecule has 1 aliphatic carbocycles. The van der Waals surface area contributed by atoms with Crippen molar-refractivity contribution in [3.63, 3.8) is 0 Å². The minimum Gasteiger partial charge on any atom is -0.478 e. The van der Waals surface area contributed by atoms with Crippen LogP contribution in [0.1, 0.15) is 40.5 Å². The predicted octanol–water partition coefficient (Wildman–Crippen LogP) is 3.07. The number of carbonyl (C=O) groups is 2. The molecule has 0 heterocycles. The highest BCUT2D eigenvalue weighted by Gasteiger charge is 2.37. The third-order valence-corrected chi connectivity index (χ3v) is 4.16. The fourth-order valence-corrected chi connectivity index (χ4v) is 2.49. The lowest BCUT2D eigenvalue weighted by Crippen LogP contribution is -2.29. The summed E-state index contributed by atoms with van der Waals surface area (Å²) in [5.41, 5.74) is 0.807. The van der Waals surface area contributed by atoms with Crippen molar-refractivity contribution < 1.29 is 14.7 Å². The Morgan fingerprint density at radius 2 is 1.76 bits per heavy atom. The molecule has 0 bridgehead atoms. The Labute approximate surface area is 122 Å². The third kappa shape index (κ3) is 2.61. The van der Waals surface area contributed by atoms with Gasteiger partial charge in [-0.05, 0) is 35.8 Å². The summed E-state index contributed by atoms with van der Waals surface area (Å²) in [5.74, 6) is -1.22. The van der Waals surface area contributed by atoms with Gasteiger partial charge in [0, 0.05) is 17.5 Å². The topological polar surface area (TPSA) is 66.4 Å². The molecular formula is C17H17NO3. The minimum atomic E-state index is -1.02. The van der Waals surface area contributed by atoms with E-state index in [9.17, 15) is 14.7 Å². The molecule has 21 heavy (non-hydrogen) atoms. The highest BCUT2D eigenvalue weighted by atomic mass is 16.4. The second kappa shape index (κ2) is 4.88. The average molecular weight is 283 g/mol. The minimum absolute atomic E-state index is 0.163. The first-order chi connectivity index (χ1) is 10.0. The molecule has 0 spiro atoms. The van der Waals surface area contributed by atoms with Crippen molar-refractivity contribution in [1.82, 2.24) is 5.32 Å². The molecule has 0 unspecified atom stereocenters. The molecule has 1 amide bonds. The van der Waals surface area contributed by atoms with Crippen LogP contribution in [0.25, 0.3) is 10.8 Å². The quantitative estimate of drug-likeness (QED) is 0.906. The summed E-state index contributed by atoms with van der Waals surface area (Å²) in [6.45, 7) is 2.77. The molecule has 0 radical (unpaired) electrons. The smallest absolute Gasteiger partial charge is 0.336 e. The fraction of sp³-hybridized carbons (Fsp3) is 0.294. The zero-order valence-corrected chi connectivity index (χ0v) is 11.8. The van der Waals surface area contributed by atoms with E-state index in [0.717, 1.165) is 18.2 Å². The first-order valence-corrected chi connectivity index (χ1v) is 7.03. The van der Waals surface area contributed by atoms with Crippen LogP contribution in [0.4, 0.5) is 0 Å². The predicted molar refractivity (Wildman–Crippen MR) is 80.6 cm³/mol. The maximum Gasteiger partial charge on any atom is 0.336 e. The van der Waals surface area contributed by atoms with E-state index in [1.54, 1.807) is 18.2 Å². The van der Waals surface area contributed by atoms with Gasteiger partial charge < -0.3 is 10.4 Å². The Bertz CT molecular complexity index is 727. The SMILES string of the molecule is CC1(CNC(=O)c2cccc3cccc(C(=O)O)c23)CC1. The van der Waals surface area contributed by atoms with Gasteiger partial charge in [0.05, 0.1) is 5.56 Å². The summed E-state index contributed by atoms with van der Waals surface area (Å²) in [5, 5.41) is 13.5. The van der Waals surface area contributed by atoms with E-state index in [4.69, 9.17) is 0 Å². The van der Waals surface area contributed by atoms with Crippen LogP contribution in [-0.2, 0) is 0 Å². The second-order valence-corrected chi connectivity index (χ2v) is 6.01. The highest BCUT2D eigenvalue weighted by molar-refractivity contribution is 6.14. The van der Waals surface area contributed by atoms with Gasteiger partial charge in [0.1, 0.15) is 0 Å². The van der Waals surface area contributed by atoms with Crippen molar-refractivity contribution in [3.8, 4) is 0 Å². The number of amides is 1. The van der Waals surface area contributed by atoms with Gasteiger partial charge in [-0.25, -0.2) is 4.79 Å². The lowest BCUT2D eigenvalue weighted by atomic mass is 9.98. The standard InChI is InChI=1S/C17H17NO3/c1-17(8-9-17)10-18-15(19)12-6-2-4-11-5-3-7-13(14(11)12)16(20)21/h2-7H,8-10H2,1H3,(H,18,19)(H,20,21). The van der Waals surface area contributed by atoms with Crippen molar-refractivity contribution in [2.45, 2.75) is 19.8 Å². The number of benzene rings is 2. The van der Waals surface area contributed by atoms with E-state index in [0.29, 0.717) is 17.5 Å². The molecule has 0 atom stereocenters. The number of rotatable bonds is 4. The Kier molecular flexibility index (Phi) is 3.16. The molecule has 2 aromatic carbocycles. The monoisotopic (exact) mass is 283 g/mol. The Morgan fingerprint density at radius 1 is 1.14 bits per heavy atom. The van der Waals surface area contributed by atoms with Crippen LogP contribution in [0.5, 0.6) is 0 Å². The van der Waals surface area contributed by atoms with Crippen molar-refractivity contribution in [1.29, 1.82) is 0 Å². The molecule has 4 heteroatoms. The number of carboxylic acids is 1. The summed E-state index contributed by atoms with van der Waals surface area (Å²) in [4.78, 5) is 23.8. The first-order valence-electron chi connectivity index (χ1n) is 7.03. The molecule has 2 aromatic rings. The van der Waals surface area contributed by atoms with Crippen LogP contribution in [0.3, 0.4) is 0 Å². The molecule has 0 aromatic heterocycles. The Hall–Kier alpha value is -2.36. The first kappa shape index (κ1) is 13.6. The third-order valence-electron chi connectivity index (χ3n) is 4.16. The highest BCUT2D eigenvalue weighted by Crippen LogP contribution is 2.44. The molecular weight excluding hydrogens is 266 g/mol. The maximum absolute atomic E-state index is 12.4. The fourth-order valence-electron chi connectivity index (χ4n) is 2.49. The van der Waals surface area contributed by atoms with Crippen LogP contribution < -0.4 is 5.32 Å². The van der Waals surface area contributed by atoms with Crippen molar-refractivity contribution >= 4 is 22.6 Å². The number of aromatic carboxylic acids is 1. The number of hydrogen-bond donors (Lipinski definition) is 2. The van der Waals surface area contributed by atoms with Crippen molar-refractivity contribution in [2.75, 3.05) is 6.54 Å². The van der Waals surface area contributed by atoms with Gasteiger partial charge in [0.15, 0.2) is 0 Å². The summed E-state index contributed by atoms with van der Waals surface area (Å²) in [6, 6.07) is 10.3. The number of hydrogen-bond acceptors (Lipinski definition) is 2. The van der Waals surface area contributed by atoms with E-state index in [-0.39, 0.29) is 16.9 Å². The summed E-state index contributed by atoms with van der Waals surface area (Å²) >= 11 is 0. The van der Waals surface area contributed by atoms with Crippen LogP contribution in [0.2, 0.25) is 0 Å². The van der Waals surface area contributed by atoms with Gasteiger partial charge in [0.2, 0.25) is 0 Å². The zero-order chi connectivity index (χ0) is 15.0. The number of fused-ring (bicyclic) bond motifs is 1. The van der Waals surface area contributed by atoms with Gasteiger partial charge in [0.25, 0.3) is 5.91 Å². The van der Waals surface area contributed by atoms with Crippen LogP contribution >= 0.6 is 0 Å². The molecule has 3 rings (SSSR count). The lowest BCUT2D eigenvalue weighted by Gasteiger charge is -2.12. The molecule has 2 N–H and O–H groups in total. The van der Waals surface area contributed by atoms with E-state index >= 15 is 0 Å². The van der Waals surface area contributed by atoms with Crippen LogP contribution in [-0.4, -0.2) is 23.5 Å². The Morgan fingerprint density at radius 3 is 2.33 bits per heavy atom. The molecule has 1 fully saturated rings. The second-order valence-electron chi connectivity index (χ2n) is 6.01. The van der Waals surface area contributed by atoms with E-state index in [1.165, 1.54) is 6.07 Å². The average Bonchev–Trinajstić information content (AvgIpc) is 3.21.